The second kappa shape index (κ2) is 12.6. The summed E-state index contributed by atoms with van der Waals surface area (Å²) < 4.78 is 10.8. The summed E-state index contributed by atoms with van der Waals surface area (Å²) in [6.45, 7) is 5.33. The number of carbonyl (C=O) groups excluding carboxylic acids is 5. The van der Waals surface area contributed by atoms with Gasteiger partial charge in [0.05, 0.1) is 11.1 Å². The zero-order valence-corrected chi connectivity index (χ0v) is 24.6. The van der Waals surface area contributed by atoms with Gasteiger partial charge in [-0.2, -0.15) is 0 Å². The summed E-state index contributed by atoms with van der Waals surface area (Å²) in [6.07, 6.45) is -1.28. The molecule has 1 aliphatic heterocycles. The topological polar surface area (TPSA) is 140 Å². The minimum Gasteiger partial charge on any atom is -0.449 e. The molecule has 0 spiro atoms. The molecule has 2 aliphatic rings. The number of amides is 4. The van der Waals surface area contributed by atoms with Gasteiger partial charge < -0.3 is 24.9 Å². The van der Waals surface area contributed by atoms with Gasteiger partial charge in [-0.15, -0.1) is 0 Å². The summed E-state index contributed by atoms with van der Waals surface area (Å²) in [5.41, 5.74) is 3.71. The number of benzene rings is 3. The minimum atomic E-state index is -1.30. The lowest BCUT2D eigenvalue weighted by atomic mass is 9.98. The number of hydrogen-bond acceptors (Lipinski definition) is 8. The van der Waals surface area contributed by atoms with E-state index in [2.05, 4.69) is 10.6 Å². The van der Waals surface area contributed by atoms with E-state index in [1.54, 1.807) is 32.9 Å². The molecule has 0 bridgehead atoms. The van der Waals surface area contributed by atoms with Gasteiger partial charge in [0.1, 0.15) is 18.2 Å². The maximum absolute atomic E-state index is 13.2. The zero-order valence-electron chi connectivity index (χ0n) is 24.6. The number of rotatable bonds is 9. The Labute approximate surface area is 254 Å². The first-order chi connectivity index (χ1) is 21.0. The summed E-state index contributed by atoms with van der Waals surface area (Å²) in [4.78, 5) is 68.9. The lowest BCUT2D eigenvalue weighted by Gasteiger charge is -2.21. The van der Waals surface area contributed by atoms with Crippen LogP contribution in [0.25, 0.3) is 11.1 Å². The van der Waals surface area contributed by atoms with Crippen LogP contribution < -0.4 is 10.6 Å². The van der Waals surface area contributed by atoms with Gasteiger partial charge in [0.15, 0.2) is 0 Å². The van der Waals surface area contributed by atoms with Gasteiger partial charge in [-0.3, -0.25) is 9.59 Å². The molecule has 228 valence electrons. The molecule has 3 aromatic rings. The van der Waals surface area contributed by atoms with Crippen molar-refractivity contribution in [3.8, 4) is 11.1 Å². The van der Waals surface area contributed by atoms with E-state index < -0.39 is 41.6 Å². The van der Waals surface area contributed by atoms with Crippen molar-refractivity contribution < 1.29 is 38.3 Å². The third-order valence-corrected chi connectivity index (χ3v) is 7.20. The third kappa shape index (κ3) is 6.56. The summed E-state index contributed by atoms with van der Waals surface area (Å²) in [7, 11) is 0. The van der Waals surface area contributed by atoms with Crippen LogP contribution in [0.15, 0.2) is 72.8 Å². The number of hydrogen-bond donors (Lipinski definition) is 2. The average Bonchev–Trinajstić information content (AvgIpc) is 3.44. The highest BCUT2D eigenvalue weighted by Crippen LogP contribution is 2.44. The Morgan fingerprint density at radius 2 is 1.32 bits per heavy atom. The van der Waals surface area contributed by atoms with E-state index in [1.165, 1.54) is 12.1 Å². The largest absolute Gasteiger partial charge is 0.449 e. The number of ether oxygens (including phenoxy) is 2. The molecular weight excluding hydrogens is 566 g/mol. The highest BCUT2D eigenvalue weighted by molar-refractivity contribution is 6.21. The molecule has 0 unspecified atom stereocenters. The van der Waals surface area contributed by atoms with Crippen molar-refractivity contribution in [3.05, 3.63) is 95.1 Å². The van der Waals surface area contributed by atoms with Gasteiger partial charge in [0, 0.05) is 12.5 Å². The second-order valence-electron chi connectivity index (χ2n) is 11.5. The molecule has 0 saturated carbocycles. The third-order valence-electron chi connectivity index (χ3n) is 7.20. The van der Waals surface area contributed by atoms with Crippen LogP contribution in [0.2, 0.25) is 0 Å². The first kappa shape index (κ1) is 30.3. The van der Waals surface area contributed by atoms with E-state index in [0.717, 1.165) is 22.3 Å². The van der Waals surface area contributed by atoms with Gasteiger partial charge in [-0.25, -0.2) is 14.4 Å². The molecule has 0 radical (unpaired) electrons. The first-order valence-electron chi connectivity index (χ1n) is 14.3. The van der Waals surface area contributed by atoms with Gasteiger partial charge in [-0.1, -0.05) is 65.7 Å². The quantitative estimate of drug-likeness (QED) is 0.260. The standard InChI is InChI=1S/C33H33N3O8/c1-33(2,3)43-31(40)34-18-10-17-27(30(39)44-36-28(37)24-15-8-9-16-25(24)29(36)38)35-32(41)42-19-26-22-13-6-4-11-20(22)21-12-5-7-14-23(21)26/h4-9,11-16,26-27H,10,17-19H2,1-3H3,(H,34,40)(H,35,41)/t27-/m0/s1. The van der Waals surface area contributed by atoms with Crippen LogP contribution in [-0.4, -0.2) is 59.8 Å². The Morgan fingerprint density at radius 1 is 0.795 bits per heavy atom. The van der Waals surface area contributed by atoms with Crippen molar-refractivity contribution in [1.82, 2.24) is 15.7 Å². The Bertz CT molecular complexity index is 1530. The number of carbonyl (C=O) groups is 5. The van der Waals surface area contributed by atoms with Crippen LogP contribution in [0.5, 0.6) is 0 Å². The van der Waals surface area contributed by atoms with Crippen molar-refractivity contribution in [2.24, 2.45) is 0 Å². The van der Waals surface area contributed by atoms with Crippen molar-refractivity contribution in [1.29, 1.82) is 0 Å². The molecule has 4 amide bonds. The monoisotopic (exact) mass is 599 g/mol. The zero-order chi connectivity index (χ0) is 31.4. The number of imide groups is 1. The van der Waals surface area contributed by atoms with Gasteiger partial charge in [0.25, 0.3) is 11.8 Å². The lowest BCUT2D eigenvalue weighted by Crippen LogP contribution is -2.46. The number of alkyl carbamates (subject to hydrolysis) is 2. The SMILES string of the molecule is CC(C)(C)OC(=O)NCCC[C@H](NC(=O)OCC1c2ccccc2-c2ccccc21)C(=O)ON1C(=O)c2ccccc2C1=O. The molecule has 2 N–H and O–H groups in total. The molecule has 3 aromatic carbocycles. The predicted molar refractivity (Wildman–Crippen MR) is 158 cm³/mol. The number of nitrogens with zero attached hydrogens (tertiary/aromatic N) is 1. The lowest BCUT2D eigenvalue weighted by molar-refractivity contribution is -0.171. The van der Waals surface area contributed by atoms with Crippen molar-refractivity contribution in [2.75, 3.05) is 13.2 Å². The number of nitrogens with one attached hydrogen (secondary N) is 2. The van der Waals surface area contributed by atoms with Gasteiger partial charge in [0.2, 0.25) is 0 Å². The molecule has 11 nitrogen and oxygen atoms in total. The fraction of sp³-hybridized carbons (Fsp3) is 0.303. The molecule has 0 saturated heterocycles. The fourth-order valence-electron chi connectivity index (χ4n) is 5.25. The second-order valence-corrected chi connectivity index (χ2v) is 11.5. The van der Waals surface area contributed by atoms with Gasteiger partial charge in [-0.05, 0) is 68.0 Å². The van der Waals surface area contributed by atoms with E-state index >= 15 is 0 Å². The highest BCUT2D eigenvalue weighted by Gasteiger charge is 2.40. The molecule has 44 heavy (non-hydrogen) atoms. The molecule has 0 aromatic heterocycles. The highest BCUT2D eigenvalue weighted by atomic mass is 16.7. The van der Waals surface area contributed by atoms with E-state index in [1.807, 2.05) is 48.5 Å². The molecule has 1 aliphatic carbocycles. The van der Waals surface area contributed by atoms with Crippen molar-refractivity contribution in [2.45, 2.75) is 51.2 Å². The summed E-state index contributed by atoms with van der Waals surface area (Å²) >= 11 is 0. The maximum Gasteiger partial charge on any atom is 0.407 e. The Kier molecular flexibility index (Phi) is 8.66. The van der Waals surface area contributed by atoms with Crippen LogP contribution >= 0.6 is 0 Å². The van der Waals surface area contributed by atoms with Crippen LogP contribution in [0.4, 0.5) is 9.59 Å². The van der Waals surface area contributed by atoms with E-state index in [9.17, 15) is 24.0 Å². The molecule has 5 rings (SSSR count). The summed E-state index contributed by atoms with van der Waals surface area (Å²) in [5.74, 6) is -2.81. The normalized spacial score (nSPS) is 14.3. The Morgan fingerprint density at radius 3 is 1.86 bits per heavy atom. The van der Waals surface area contributed by atoms with Crippen LogP contribution in [0, 0.1) is 0 Å². The van der Waals surface area contributed by atoms with Gasteiger partial charge >= 0.3 is 18.2 Å². The molecular formula is C33H33N3O8. The maximum atomic E-state index is 13.2. The van der Waals surface area contributed by atoms with Crippen molar-refractivity contribution in [3.63, 3.8) is 0 Å². The molecule has 11 heteroatoms. The minimum absolute atomic E-state index is 0.00198. The Balaban J connectivity index is 1.24. The first-order valence-corrected chi connectivity index (χ1v) is 14.3. The Hall–Kier alpha value is -5.19. The smallest absolute Gasteiger partial charge is 0.407 e. The van der Waals surface area contributed by atoms with E-state index in [0.29, 0.717) is 5.06 Å². The number of hydroxylamine groups is 2. The predicted octanol–water partition coefficient (Wildman–Crippen LogP) is 4.95. The summed E-state index contributed by atoms with van der Waals surface area (Å²) in [5, 5.41) is 5.49. The summed E-state index contributed by atoms with van der Waals surface area (Å²) in [6, 6.07) is 20.6. The number of fused-ring (bicyclic) bond motifs is 4. The fourth-order valence-corrected chi connectivity index (χ4v) is 5.25. The molecule has 1 atom stereocenters. The van der Waals surface area contributed by atoms with Crippen LogP contribution in [0.1, 0.15) is 71.4 Å². The molecule has 1 heterocycles. The molecule has 0 fully saturated rings. The average molecular weight is 600 g/mol. The van der Waals surface area contributed by atoms with Crippen LogP contribution in [-0.2, 0) is 19.1 Å². The van der Waals surface area contributed by atoms with Crippen LogP contribution in [0.3, 0.4) is 0 Å². The van der Waals surface area contributed by atoms with E-state index in [-0.39, 0.29) is 43.0 Å². The van der Waals surface area contributed by atoms with Crippen molar-refractivity contribution >= 4 is 30.0 Å². The van der Waals surface area contributed by atoms with E-state index in [4.69, 9.17) is 14.3 Å².